The molecule has 29 heavy (non-hydrogen) atoms. The zero-order valence-corrected chi connectivity index (χ0v) is 16.9. The summed E-state index contributed by atoms with van der Waals surface area (Å²) in [5, 5.41) is 6.23. The van der Waals surface area contributed by atoms with E-state index < -0.39 is 23.7 Å². The average Bonchev–Trinajstić information content (AvgIpc) is 2.68. The van der Waals surface area contributed by atoms with Gasteiger partial charge in [0.1, 0.15) is 6.54 Å². The maximum absolute atomic E-state index is 13.1. The number of piperazine rings is 1. The van der Waals surface area contributed by atoms with Crippen molar-refractivity contribution in [1.82, 2.24) is 15.5 Å². The number of urea groups is 1. The number of rotatable bonds is 3. The lowest BCUT2D eigenvalue weighted by atomic mass is 9.69. The lowest BCUT2D eigenvalue weighted by Gasteiger charge is -2.44. The van der Waals surface area contributed by atoms with Crippen molar-refractivity contribution in [3.63, 3.8) is 0 Å². The second-order valence-electron chi connectivity index (χ2n) is 8.00. The molecule has 1 heterocycles. The van der Waals surface area contributed by atoms with E-state index in [1.807, 2.05) is 6.92 Å². The van der Waals surface area contributed by atoms with Crippen LogP contribution in [0.2, 0.25) is 5.02 Å². The van der Waals surface area contributed by atoms with E-state index in [9.17, 15) is 22.8 Å². The van der Waals surface area contributed by atoms with E-state index in [1.54, 1.807) is 24.3 Å². The van der Waals surface area contributed by atoms with Gasteiger partial charge in [0, 0.05) is 18.1 Å². The second-order valence-corrected chi connectivity index (χ2v) is 8.44. The molecule has 0 aromatic heterocycles. The molecule has 9 heteroatoms. The molecule has 1 aliphatic heterocycles. The van der Waals surface area contributed by atoms with E-state index in [0.717, 1.165) is 5.56 Å². The highest BCUT2D eigenvalue weighted by Crippen LogP contribution is 2.45. The molecule has 1 atom stereocenters. The van der Waals surface area contributed by atoms with Crippen LogP contribution >= 0.6 is 11.6 Å². The van der Waals surface area contributed by atoms with Crippen LogP contribution in [-0.2, 0) is 10.3 Å². The van der Waals surface area contributed by atoms with Crippen molar-refractivity contribution in [1.29, 1.82) is 0 Å². The van der Waals surface area contributed by atoms with Crippen LogP contribution in [0.4, 0.5) is 18.0 Å². The monoisotopic (exact) mass is 431 g/mol. The first-order chi connectivity index (χ1) is 13.6. The maximum atomic E-state index is 13.1. The van der Waals surface area contributed by atoms with Crippen molar-refractivity contribution in [3.8, 4) is 0 Å². The highest BCUT2D eigenvalue weighted by molar-refractivity contribution is 6.30. The van der Waals surface area contributed by atoms with Crippen molar-refractivity contribution in [2.75, 3.05) is 19.6 Å². The Morgan fingerprint density at radius 1 is 1.14 bits per heavy atom. The average molecular weight is 432 g/mol. The molecule has 3 amide bonds. The van der Waals surface area contributed by atoms with Crippen LogP contribution in [-0.4, -0.2) is 42.6 Å². The number of carbonyl (C=O) groups excluding carboxylic acids is 2. The molecule has 1 aromatic rings. The van der Waals surface area contributed by atoms with Gasteiger partial charge in [0.25, 0.3) is 0 Å². The predicted octanol–water partition coefficient (Wildman–Crippen LogP) is 4.07. The van der Waals surface area contributed by atoms with Gasteiger partial charge in [-0.15, -0.1) is 0 Å². The van der Waals surface area contributed by atoms with Gasteiger partial charge >= 0.3 is 12.2 Å². The van der Waals surface area contributed by atoms with E-state index in [0.29, 0.717) is 31.0 Å². The van der Waals surface area contributed by atoms with Gasteiger partial charge in [-0.25, -0.2) is 4.79 Å². The lowest BCUT2D eigenvalue weighted by molar-refractivity contribution is -0.185. The molecule has 1 aromatic carbocycles. The Morgan fingerprint density at radius 2 is 1.72 bits per heavy atom. The standard InChI is InChI=1S/C20H25ClF3N3O2/c1-19(14-6-8-16(21)9-7-14,13-2-4-15(5-3-13)20(22,23)24)26-18(29)27-11-10-25-17(28)12-27/h6-9,13,15H,2-5,10-12H2,1H3,(H,25,28)(H,26,29)/t13?,15?,19-/m1/s1. The summed E-state index contributed by atoms with van der Waals surface area (Å²) in [7, 11) is 0. The highest BCUT2D eigenvalue weighted by Gasteiger charge is 2.46. The second kappa shape index (κ2) is 8.42. The van der Waals surface area contributed by atoms with Gasteiger partial charge in [-0.3, -0.25) is 4.79 Å². The molecule has 1 saturated carbocycles. The Balaban J connectivity index is 1.82. The van der Waals surface area contributed by atoms with Crippen LogP contribution in [0.15, 0.2) is 24.3 Å². The van der Waals surface area contributed by atoms with Gasteiger partial charge in [0.05, 0.1) is 11.5 Å². The number of hydrogen-bond acceptors (Lipinski definition) is 2. The van der Waals surface area contributed by atoms with E-state index in [4.69, 9.17) is 11.6 Å². The van der Waals surface area contributed by atoms with Crippen LogP contribution in [0.5, 0.6) is 0 Å². The predicted molar refractivity (Wildman–Crippen MR) is 103 cm³/mol. The molecular weight excluding hydrogens is 407 g/mol. The molecule has 5 nitrogen and oxygen atoms in total. The van der Waals surface area contributed by atoms with Crippen LogP contribution in [0.3, 0.4) is 0 Å². The largest absolute Gasteiger partial charge is 0.391 e. The quantitative estimate of drug-likeness (QED) is 0.758. The molecule has 0 unspecified atom stereocenters. The van der Waals surface area contributed by atoms with Gasteiger partial charge in [0.2, 0.25) is 5.91 Å². The summed E-state index contributed by atoms with van der Waals surface area (Å²) in [4.78, 5) is 25.9. The molecule has 1 saturated heterocycles. The van der Waals surface area contributed by atoms with Crippen LogP contribution < -0.4 is 10.6 Å². The van der Waals surface area contributed by atoms with Crippen molar-refractivity contribution in [2.24, 2.45) is 11.8 Å². The summed E-state index contributed by atoms with van der Waals surface area (Å²) in [5.41, 5.74) is -0.0845. The first-order valence-electron chi connectivity index (χ1n) is 9.76. The fourth-order valence-corrected chi connectivity index (χ4v) is 4.44. The number of benzene rings is 1. The minimum absolute atomic E-state index is 0.0383. The van der Waals surface area contributed by atoms with Crippen molar-refractivity contribution in [2.45, 2.75) is 44.3 Å². The third-order valence-corrected chi connectivity index (χ3v) is 6.39. The maximum Gasteiger partial charge on any atom is 0.391 e. The van der Waals surface area contributed by atoms with Crippen molar-refractivity contribution < 1.29 is 22.8 Å². The Bertz CT molecular complexity index is 748. The summed E-state index contributed by atoms with van der Waals surface area (Å²) in [6.45, 7) is 2.57. The smallest absolute Gasteiger partial charge is 0.353 e. The summed E-state index contributed by atoms with van der Waals surface area (Å²) in [6, 6.07) is 6.60. The zero-order valence-electron chi connectivity index (χ0n) is 16.2. The van der Waals surface area contributed by atoms with Crippen LogP contribution in [0.25, 0.3) is 0 Å². The fourth-order valence-electron chi connectivity index (χ4n) is 4.32. The highest BCUT2D eigenvalue weighted by atomic mass is 35.5. The third-order valence-electron chi connectivity index (χ3n) is 6.14. The van der Waals surface area contributed by atoms with Gasteiger partial charge in [0.15, 0.2) is 0 Å². The topological polar surface area (TPSA) is 61.4 Å². The fraction of sp³-hybridized carbons (Fsp3) is 0.600. The SMILES string of the molecule is C[C@](NC(=O)N1CCNC(=O)C1)(c1ccc(Cl)cc1)C1CCC(C(F)(F)F)CC1. The number of carbonyl (C=O) groups is 2. The van der Waals surface area contributed by atoms with Gasteiger partial charge in [-0.1, -0.05) is 23.7 Å². The van der Waals surface area contributed by atoms with Gasteiger partial charge in [-0.05, 0) is 56.2 Å². The van der Waals surface area contributed by atoms with E-state index in [1.165, 1.54) is 4.90 Å². The molecule has 2 N–H and O–H groups in total. The number of amides is 3. The molecule has 2 fully saturated rings. The van der Waals surface area contributed by atoms with Crippen LogP contribution in [0.1, 0.15) is 38.2 Å². The normalized spacial score (nSPS) is 25.1. The summed E-state index contributed by atoms with van der Waals surface area (Å²) in [6.07, 6.45) is -3.40. The number of alkyl halides is 3. The van der Waals surface area contributed by atoms with Gasteiger partial charge in [-0.2, -0.15) is 13.2 Å². The summed E-state index contributed by atoms with van der Waals surface area (Å²) >= 11 is 6.00. The molecule has 0 radical (unpaired) electrons. The Morgan fingerprint density at radius 3 is 2.28 bits per heavy atom. The molecule has 2 aliphatic rings. The van der Waals surface area contributed by atoms with Gasteiger partial charge < -0.3 is 15.5 Å². The molecule has 0 bridgehead atoms. The van der Waals surface area contributed by atoms with Crippen molar-refractivity contribution >= 4 is 23.5 Å². The van der Waals surface area contributed by atoms with Crippen molar-refractivity contribution in [3.05, 3.63) is 34.9 Å². The Kier molecular flexibility index (Phi) is 6.31. The number of nitrogens with one attached hydrogen (secondary N) is 2. The number of nitrogens with zero attached hydrogens (tertiary/aromatic N) is 1. The first-order valence-corrected chi connectivity index (χ1v) is 10.1. The molecule has 1 aliphatic carbocycles. The summed E-state index contributed by atoms with van der Waals surface area (Å²) < 4.78 is 39.3. The van der Waals surface area contributed by atoms with E-state index >= 15 is 0 Å². The summed E-state index contributed by atoms with van der Waals surface area (Å²) in [5.74, 6) is -1.69. The third kappa shape index (κ3) is 4.97. The molecular formula is C20H25ClF3N3O2. The minimum atomic E-state index is -4.19. The molecule has 0 spiro atoms. The first kappa shape index (κ1) is 21.7. The number of halogens is 4. The minimum Gasteiger partial charge on any atom is -0.353 e. The lowest BCUT2D eigenvalue weighted by Crippen LogP contribution is -2.58. The molecule has 3 rings (SSSR count). The van der Waals surface area contributed by atoms with Crippen LogP contribution in [0, 0.1) is 11.8 Å². The van der Waals surface area contributed by atoms with E-state index in [2.05, 4.69) is 10.6 Å². The Labute approximate surface area is 173 Å². The number of hydrogen-bond donors (Lipinski definition) is 2. The van der Waals surface area contributed by atoms with E-state index in [-0.39, 0.29) is 31.2 Å². The zero-order chi connectivity index (χ0) is 21.2. The molecule has 160 valence electrons. The Hall–Kier alpha value is -1.96.